The summed E-state index contributed by atoms with van der Waals surface area (Å²) in [5, 5.41) is 14.3. The number of hydrogen-bond donors (Lipinski definition) is 2. The van der Waals surface area contributed by atoms with Crippen LogP contribution in [0.3, 0.4) is 0 Å². The monoisotopic (exact) mass is 320 g/mol. The van der Waals surface area contributed by atoms with Crippen LogP contribution in [-0.4, -0.2) is 29.3 Å². The normalized spacial score (nSPS) is 16.1. The number of amides is 1. The lowest BCUT2D eigenvalue weighted by Gasteiger charge is -2.41. The van der Waals surface area contributed by atoms with Crippen molar-refractivity contribution in [3.8, 4) is 0 Å². The molecule has 2 N–H and O–H groups in total. The van der Waals surface area contributed by atoms with Gasteiger partial charge in [-0.3, -0.25) is 4.79 Å². The molecule has 2 heterocycles. The number of nitrogens with one attached hydrogen (secondary N) is 2. The summed E-state index contributed by atoms with van der Waals surface area (Å²) in [5.74, 6) is 0.0172. The van der Waals surface area contributed by atoms with Crippen molar-refractivity contribution in [1.82, 2.24) is 20.9 Å². The third kappa shape index (κ3) is 2.98. The summed E-state index contributed by atoms with van der Waals surface area (Å²) in [4.78, 5) is 12.6. The molecule has 116 valence electrons. The topological polar surface area (TPSA) is 80.1 Å². The largest absolute Gasteiger partial charge is 0.350 e. The van der Waals surface area contributed by atoms with Gasteiger partial charge in [-0.1, -0.05) is 34.0 Å². The molecule has 0 aliphatic carbocycles. The molecular formula is C15H17ClN4O2. The van der Waals surface area contributed by atoms with Crippen LogP contribution in [0.15, 0.2) is 28.9 Å². The zero-order valence-electron chi connectivity index (χ0n) is 12.2. The Balaban J connectivity index is 1.65. The van der Waals surface area contributed by atoms with E-state index in [1.54, 1.807) is 6.92 Å². The summed E-state index contributed by atoms with van der Waals surface area (Å²) < 4.78 is 4.63. The van der Waals surface area contributed by atoms with Crippen LogP contribution in [0.4, 0.5) is 0 Å². The fraction of sp³-hybridized carbons (Fsp3) is 0.400. The molecule has 1 aromatic carbocycles. The van der Waals surface area contributed by atoms with E-state index in [0.29, 0.717) is 42.5 Å². The van der Waals surface area contributed by atoms with E-state index in [9.17, 15) is 4.79 Å². The Bertz CT molecular complexity index is 664. The van der Waals surface area contributed by atoms with Crippen molar-refractivity contribution < 1.29 is 9.42 Å². The highest BCUT2D eigenvalue weighted by atomic mass is 35.5. The lowest BCUT2D eigenvalue weighted by molar-refractivity contribution is -0.134. The van der Waals surface area contributed by atoms with E-state index in [-0.39, 0.29) is 5.91 Å². The summed E-state index contributed by atoms with van der Waals surface area (Å²) in [5.41, 5.74) is 2.03. The van der Waals surface area contributed by atoms with Gasteiger partial charge in [-0.15, -0.1) is 0 Å². The fourth-order valence-corrected chi connectivity index (χ4v) is 2.67. The van der Waals surface area contributed by atoms with Gasteiger partial charge in [0.25, 0.3) is 0 Å². The molecule has 1 aliphatic rings. The molecular weight excluding hydrogens is 304 g/mol. The summed E-state index contributed by atoms with van der Waals surface area (Å²) >= 11 is 5.90. The second-order valence-electron chi connectivity index (χ2n) is 5.67. The number of benzene rings is 1. The lowest BCUT2D eigenvalue weighted by Crippen LogP contribution is -2.62. The molecule has 1 amide bonds. The van der Waals surface area contributed by atoms with Gasteiger partial charge < -0.3 is 10.6 Å². The van der Waals surface area contributed by atoms with Gasteiger partial charge in [-0.25, -0.2) is 4.63 Å². The van der Waals surface area contributed by atoms with E-state index >= 15 is 0 Å². The molecule has 0 bridgehead atoms. The number of aryl methyl sites for hydroxylation is 1. The van der Waals surface area contributed by atoms with E-state index in [0.717, 1.165) is 5.56 Å². The second kappa shape index (κ2) is 6.06. The Morgan fingerprint density at radius 2 is 2.09 bits per heavy atom. The molecule has 0 spiro atoms. The molecule has 6 nitrogen and oxygen atoms in total. The van der Waals surface area contributed by atoms with Gasteiger partial charge in [0.2, 0.25) is 5.91 Å². The molecule has 1 aliphatic heterocycles. The van der Waals surface area contributed by atoms with Gasteiger partial charge in [0.15, 0.2) is 0 Å². The van der Waals surface area contributed by atoms with Crippen molar-refractivity contribution in [2.75, 3.05) is 13.1 Å². The third-order valence-electron chi connectivity index (χ3n) is 4.03. The molecule has 3 rings (SSSR count). The van der Waals surface area contributed by atoms with E-state index in [1.807, 2.05) is 24.3 Å². The first-order valence-corrected chi connectivity index (χ1v) is 7.48. The van der Waals surface area contributed by atoms with Crippen molar-refractivity contribution >= 4 is 17.5 Å². The molecule has 7 heteroatoms. The second-order valence-corrected chi connectivity index (χ2v) is 6.10. The summed E-state index contributed by atoms with van der Waals surface area (Å²) in [6.45, 7) is 3.46. The highest BCUT2D eigenvalue weighted by molar-refractivity contribution is 6.30. The number of rotatable bonds is 5. The quantitative estimate of drug-likeness (QED) is 0.872. The minimum Gasteiger partial charge on any atom is -0.350 e. The zero-order chi connectivity index (χ0) is 15.6. The van der Waals surface area contributed by atoms with Crippen LogP contribution in [0.1, 0.15) is 17.0 Å². The van der Waals surface area contributed by atoms with Gasteiger partial charge in [0.1, 0.15) is 11.4 Å². The average molecular weight is 321 g/mol. The highest BCUT2D eigenvalue weighted by Gasteiger charge is 2.44. The maximum absolute atomic E-state index is 12.6. The van der Waals surface area contributed by atoms with Crippen molar-refractivity contribution in [3.05, 3.63) is 46.2 Å². The first kappa shape index (κ1) is 15.0. The van der Waals surface area contributed by atoms with Crippen molar-refractivity contribution in [3.63, 3.8) is 0 Å². The molecule has 0 saturated carbocycles. The SMILES string of the molecule is Cc1nonc1CNC(=O)C1(Cc2ccc(Cl)cc2)CNC1. The van der Waals surface area contributed by atoms with Crippen molar-refractivity contribution in [2.45, 2.75) is 19.9 Å². The first-order chi connectivity index (χ1) is 10.6. The molecule has 1 fully saturated rings. The molecule has 0 radical (unpaired) electrons. The minimum absolute atomic E-state index is 0.0172. The van der Waals surface area contributed by atoms with Crippen LogP contribution >= 0.6 is 11.6 Å². The number of halogens is 1. The maximum Gasteiger partial charge on any atom is 0.229 e. The average Bonchev–Trinajstić information content (AvgIpc) is 2.88. The van der Waals surface area contributed by atoms with Gasteiger partial charge >= 0.3 is 0 Å². The van der Waals surface area contributed by atoms with E-state index < -0.39 is 5.41 Å². The smallest absolute Gasteiger partial charge is 0.229 e. The maximum atomic E-state index is 12.6. The van der Waals surface area contributed by atoms with Crippen LogP contribution in [0.5, 0.6) is 0 Å². The first-order valence-electron chi connectivity index (χ1n) is 7.11. The van der Waals surface area contributed by atoms with Gasteiger partial charge in [0, 0.05) is 18.1 Å². The Kier molecular flexibility index (Phi) is 4.13. The van der Waals surface area contributed by atoms with Gasteiger partial charge in [-0.2, -0.15) is 0 Å². The van der Waals surface area contributed by atoms with Gasteiger partial charge in [0.05, 0.1) is 12.0 Å². The van der Waals surface area contributed by atoms with E-state index in [2.05, 4.69) is 25.6 Å². The Hall–Kier alpha value is -1.92. The lowest BCUT2D eigenvalue weighted by atomic mass is 9.75. The van der Waals surface area contributed by atoms with E-state index in [4.69, 9.17) is 11.6 Å². The molecule has 2 aromatic rings. The van der Waals surface area contributed by atoms with Crippen molar-refractivity contribution in [2.24, 2.45) is 5.41 Å². The minimum atomic E-state index is -0.418. The Morgan fingerprint density at radius 1 is 1.36 bits per heavy atom. The molecule has 1 aromatic heterocycles. The molecule has 0 unspecified atom stereocenters. The summed E-state index contributed by atoms with van der Waals surface area (Å²) in [7, 11) is 0. The van der Waals surface area contributed by atoms with Crippen LogP contribution in [0.2, 0.25) is 5.02 Å². The number of carbonyl (C=O) groups is 1. The highest BCUT2D eigenvalue weighted by Crippen LogP contribution is 2.28. The van der Waals surface area contributed by atoms with Crippen molar-refractivity contribution in [1.29, 1.82) is 0 Å². The van der Waals surface area contributed by atoms with Gasteiger partial charge in [-0.05, 0) is 31.0 Å². The number of hydrogen-bond acceptors (Lipinski definition) is 5. The molecule has 22 heavy (non-hydrogen) atoms. The Morgan fingerprint density at radius 3 is 2.64 bits per heavy atom. The summed E-state index contributed by atoms with van der Waals surface area (Å²) in [6.07, 6.45) is 0.680. The number of aromatic nitrogens is 2. The fourth-order valence-electron chi connectivity index (χ4n) is 2.55. The predicted molar refractivity (Wildman–Crippen MR) is 81.3 cm³/mol. The molecule has 1 saturated heterocycles. The third-order valence-corrected chi connectivity index (χ3v) is 4.28. The van der Waals surface area contributed by atoms with Crippen LogP contribution in [-0.2, 0) is 17.8 Å². The van der Waals surface area contributed by atoms with E-state index in [1.165, 1.54) is 0 Å². The van der Waals surface area contributed by atoms with Crippen LogP contribution in [0.25, 0.3) is 0 Å². The standard InChI is InChI=1S/C15H17ClN4O2/c1-10-13(20-22-19-10)7-18-14(21)15(8-17-9-15)6-11-2-4-12(16)5-3-11/h2-5,17H,6-9H2,1H3,(H,18,21). The number of carbonyl (C=O) groups excluding carboxylic acids is 1. The number of nitrogens with zero attached hydrogens (tertiary/aromatic N) is 2. The summed E-state index contributed by atoms with van der Waals surface area (Å²) in [6, 6.07) is 7.61. The molecule has 0 atom stereocenters. The Labute approximate surface area is 133 Å². The van der Waals surface area contributed by atoms with Crippen LogP contribution < -0.4 is 10.6 Å². The predicted octanol–water partition coefficient (Wildman–Crippen LogP) is 1.48. The van der Waals surface area contributed by atoms with Crippen LogP contribution in [0, 0.1) is 12.3 Å². The zero-order valence-corrected chi connectivity index (χ0v) is 13.0.